The third kappa shape index (κ3) is 2.99. The second kappa shape index (κ2) is 5.54. The van der Waals surface area contributed by atoms with Crippen molar-refractivity contribution in [3.05, 3.63) is 29.3 Å². The van der Waals surface area contributed by atoms with E-state index in [2.05, 4.69) is 18.6 Å². The van der Waals surface area contributed by atoms with Gasteiger partial charge >= 0.3 is 5.97 Å². The number of carbonyl (C=O) groups is 1. The topological polar surface area (TPSA) is 35.5 Å². The smallest absolute Gasteiger partial charge is 0.309 e. The minimum absolute atomic E-state index is 0.222. The third-order valence-electron chi connectivity index (χ3n) is 2.49. The molecule has 0 bridgehead atoms. The van der Waals surface area contributed by atoms with Crippen LogP contribution in [0.4, 0.5) is 0 Å². The van der Waals surface area contributed by atoms with E-state index in [0.29, 0.717) is 12.3 Å². The van der Waals surface area contributed by atoms with Crippen molar-refractivity contribution in [1.82, 2.24) is 0 Å². The second-order valence-corrected chi connectivity index (χ2v) is 3.98. The molecule has 1 rings (SSSR count). The second-order valence-electron chi connectivity index (χ2n) is 3.98. The number of rotatable bonds is 4. The Bertz CT molecular complexity index is 369. The zero-order valence-electron chi connectivity index (χ0n) is 10.2. The summed E-state index contributed by atoms with van der Waals surface area (Å²) >= 11 is 0. The maximum Gasteiger partial charge on any atom is 0.309 e. The molecule has 0 aliphatic rings. The van der Waals surface area contributed by atoms with E-state index in [-0.39, 0.29) is 5.97 Å². The van der Waals surface area contributed by atoms with Crippen LogP contribution >= 0.6 is 0 Å². The highest BCUT2D eigenvalue weighted by atomic mass is 16.5. The molecule has 1 aromatic carbocycles. The number of benzene rings is 1. The van der Waals surface area contributed by atoms with Crippen LogP contribution in [-0.4, -0.2) is 20.2 Å². The molecule has 0 radical (unpaired) electrons. The van der Waals surface area contributed by atoms with E-state index < -0.39 is 0 Å². The summed E-state index contributed by atoms with van der Waals surface area (Å²) in [7, 11) is 3.05. The lowest BCUT2D eigenvalue weighted by Gasteiger charge is -2.13. The predicted molar refractivity (Wildman–Crippen MR) is 62.8 cm³/mol. The Morgan fingerprint density at radius 1 is 1.31 bits per heavy atom. The van der Waals surface area contributed by atoms with Gasteiger partial charge in [0.25, 0.3) is 0 Å². The fourth-order valence-corrected chi connectivity index (χ4v) is 1.58. The molecule has 0 atom stereocenters. The maximum absolute atomic E-state index is 11.2. The van der Waals surface area contributed by atoms with Crippen LogP contribution in [0, 0.1) is 0 Å². The Kier molecular flexibility index (Phi) is 4.35. The fraction of sp³-hybridized carbons (Fsp3) is 0.462. The Labute approximate surface area is 96.4 Å². The van der Waals surface area contributed by atoms with Crippen LogP contribution in [0.5, 0.6) is 5.75 Å². The maximum atomic E-state index is 11.2. The van der Waals surface area contributed by atoms with Crippen molar-refractivity contribution in [2.75, 3.05) is 14.2 Å². The Morgan fingerprint density at radius 2 is 2.00 bits per heavy atom. The highest BCUT2D eigenvalue weighted by Gasteiger charge is 2.10. The first-order valence-corrected chi connectivity index (χ1v) is 5.32. The summed E-state index contributed by atoms with van der Waals surface area (Å²) in [6.07, 6.45) is 0.306. The van der Waals surface area contributed by atoms with Gasteiger partial charge in [0.2, 0.25) is 0 Å². The monoisotopic (exact) mass is 222 g/mol. The van der Waals surface area contributed by atoms with E-state index in [4.69, 9.17) is 4.74 Å². The standard InChI is InChI=1S/C13H18O3/c1-9(2)11-7-10(8-13(14)16-4)5-6-12(11)15-3/h5-7,9H,8H2,1-4H3. The van der Waals surface area contributed by atoms with Gasteiger partial charge in [0.15, 0.2) is 0 Å². The SMILES string of the molecule is COC(=O)Cc1ccc(OC)c(C(C)C)c1. The van der Waals surface area contributed by atoms with Gasteiger partial charge < -0.3 is 9.47 Å². The lowest BCUT2D eigenvalue weighted by Crippen LogP contribution is -2.05. The van der Waals surface area contributed by atoms with Gasteiger partial charge in [0.05, 0.1) is 20.6 Å². The number of ether oxygens (including phenoxy) is 2. The summed E-state index contributed by atoms with van der Waals surface area (Å²) in [5, 5.41) is 0. The Morgan fingerprint density at radius 3 is 2.50 bits per heavy atom. The number of hydrogen-bond acceptors (Lipinski definition) is 3. The van der Waals surface area contributed by atoms with Gasteiger partial charge in [-0.15, -0.1) is 0 Å². The number of carbonyl (C=O) groups excluding carboxylic acids is 1. The van der Waals surface area contributed by atoms with E-state index in [0.717, 1.165) is 16.9 Å². The molecule has 0 saturated carbocycles. The molecule has 88 valence electrons. The molecule has 0 spiro atoms. The van der Waals surface area contributed by atoms with Crippen molar-refractivity contribution in [2.24, 2.45) is 0 Å². The Hall–Kier alpha value is -1.51. The molecule has 0 saturated heterocycles. The normalized spacial score (nSPS) is 10.3. The van der Waals surface area contributed by atoms with Crippen molar-refractivity contribution in [1.29, 1.82) is 0 Å². The Balaban J connectivity index is 2.97. The zero-order valence-corrected chi connectivity index (χ0v) is 10.2. The summed E-state index contributed by atoms with van der Waals surface area (Å²) < 4.78 is 9.92. The van der Waals surface area contributed by atoms with Crippen molar-refractivity contribution >= 4 is 5.97 Å². The number of hydrogen-bond donors (Lipinski definition) is 0. The lowest BCUT2D eigenvalue weighted by atomic mass is 9.98. The molecule has 0 amide bonds. The quantitative estimate of drug-likeness (QED) is 0.734. The summed E-state index contributed by atoms with van der Waals surface area (Å²) in [4.78, 5) is 11.2. The van der Waals surface area contributed by atoms with Crippen LogP contribution < -0.4 is 4.74 Å². The van der Waals surface area contributed by atoms with Crippen LogP contribution in [0.1, 0.15) is 30.9 Å². The predicted octanol–water partition coefficient (Wildman–Crippen LogP) is 2.53. The molecule has 3 nitrogen and oxygen atoms in total. The fourth-order valence-electron chi connectivity index (χ4n) is 1.58. The average molecular weight is 222 g/mol. The molecule has 0 fully saturated rings. The third-order valence-corrected chi connectivity index (χ3v) is 2.49. The van der Waals surface area contributed by atoms with Crippen molar-refractivity contribution in [2.45, 2.75) is 26.2 Å². The van der Waals surface area contributed by atoms with Gasteiger partial charge in [0, 0.05) is 0 Å². The lowest BCUT2D eigenvalue weighted by molar-refractivity contribution is -0.139. The molecule has 1 aromatic rings. The van der Waals surface area contributed by atoms with Gasteiger partial charge in [-0.1, -0.05) is 26.0 Å². The van der Waals surface area contributed by atoms with Gasteiger partial charge in [-0.25, -0.2) is 0 Å². The van der Waals surface area contributed by atoms with Crippen LogP contribution in [0.15, 0.2) is 18.2 Å². The summed E-state index contributed by atoms with van der Waals surface area (Å²) in [5.74, 6) is 1.01. The molecule has 0 aromatic heterocycles. The summed E-state index contributed by atoms with van der Waals surface area (Å²) in [5.41, 5.74) is 2.07. The molecular weight excluding hydrogens is 204 g/mol. The molecule has 0 N–H and O–H groups in total. The number of esters is 1. The average Bonchev–Trinajstić information content (AvgIpc) is 2.28. The van der Waals surface area contributed by atoms with Gasteiger partial charge in [-0.05, 0) is 23.1 Å². The van der Waals surface area contributed by atoms with Crippen molar-refractivity contribution in [3.8, 4) is 5.75 Å². The van der Waals surface area contributed by atoms with E-state index in [1.165, 1.54) is 7.11 Å². The first-order chi connectivity index (χ1) is 7.58. The first-order valence-electron chi connectivity index (χ1n) is 5.32. The van der Waals surface area contributed by atoms with Crippen LogP contribution in [0.25, 0.3) is 0 Å². The van der Waals surface area contributed by atoms with Gasteiger partial charge in [-0.2, -0.15) is 0 Å². The zero-order chi connectivity index (χ0) is 12.1. The minimum Gasteiger partial charge on any atom is -0.496 e. The number of methoxy groups -OCH3 is 2. The van der Waals surface area contributed by atoms with Crippen LogP contribution in [0.3, 0.4) is 0 Å². The molecule has 0 aliphatic heterocycles. The molecule has 0 unspecified atom stereocenters. The highest BCUT2D eigenvalue weighted by molar-refractivity contribution is 5.72. The van der Waals surface area contributed by atoms with E-state index in [1.807, 2.05) is 18.2 Å². The van der Waals surface area contributed by atoms with Crippen LogP contribution in [0.2, 0.25) is 0 Å². The molecule has 3 heteroatoms. The van der Waals surface area contributed by atoms with Crippen molar-refractivity contribution in [3.63, 3.8) is 0 Å². The molecule has 0 aliphatic carbocycles. The van der Waals surface area contributed by atoms with Gasteiger partial charge in [-0.3, -0.25) is 4.79 Å². The minimum atomic E-state index is -0.222. The van der Waals surface area contributed by atoms with Crippen molar-refractivity contribution < 1.29 is 14.3 Å². The van der Waals surface area contributed by atoms with Crippen LogP contribution in [-0.2, 0) is 16.0 Å². The molecular formula is C13H18O3. The largest absolute Gasteiger partial charge is 0.496 e. The highest BCUT2D eigenvalue weighted by Crippen LogP contribution is 2.27. The summed E-state index contributed by atoms with van der Waals surface area (Å²) in [6.45, 7) is 4.19. The van der Waals surface area contributed by atoms with E-state index >= 15 is 0 Å². The van der Waals surface area contributed by atoms with E-state index in [1.54, 1.807) is 7.11 Å². The van der Waals surface area contributed by atoms with Gasteiger partial charge in [0.1, 0.15) is 5.75 Å². The molecule has 0 heterocycles. The molecule has 16 heavy (non-hydrogen) atoms. The van der Waals surface area contributed by atoms with E-state index in [9.17, 15) is 4.79 Å². The summed E-state index contributed by atoms with van der Waals surface area (Å²) in [6, 6.07) is 5.79. The first kappa shape index (κ1) is 12.6.